The van der Waals surface area contributed by atoms with E-state index >= 15 is 0 Å². The van der Waals surface area contributed by atoms with Gasteiger partial charge in [0.2, 0.25) is 0 Å². The average molecular weight is 501 g/mol. The molecule has 0 aromatic heterocycles. The zero-order chi connectivity index (χ0) is 26.9. The number of carbonyl (C=O) groups excluding carboxylic acids is 4. The predicted octanol–water partition coefficient (Wildman–Crippen LogP) is 4.47. The number of ether oxygens (including phenoxy) is 4. The molecule has 0 bridgehead atoms. The molecule has 0 saturated heterocycles. The van der Waals surface area contributed by atoms with Crippen LogP contribution in [0.4, 0.5) is 9.59 Å². The van der Waals surface area contributed by atoms with Crippen molar-refractivity contribution < 1.29 is 38.1 Å². The fourth-order valence-electron chi connectivity index (χ4n) is 3.12. The first-order valence-corrected chi connectivity index (χ1v) is 11.2. The number of esters is 2. The Morgan fingerprint density at radius 3 is 1.19 bits per heavy atom. The molecule has 0 fully saturated rings. The minimum Gasteiger partial charge on any atom is -0.465 e. The van der Waals surface area contributed by atoms with Crippen LogP contribution >= 0.6 is 0 Å². The minimum absolute atomic E-state index is 0.278. The van der Waals surface area contributed by atoms with Crippen molar-refractivity contribution in [3.8, 4) is 11.5 Å². The smallest absolute Gasteiger partial charge is 0.413 e. The Hall–Kier alpha value is -4.08. The van der Waals surface area contributed by atoms with Gasteiger partial charge in [0.05, 0.1) is 25.3 Å². The molecule has 10 nitrogen and oxygen atoms in total. The third-order valence-electron chi connectivity index (χ3n) is 5.23. The molecule has 194 valence electrons. The highest BCUT2D eigenvalue weighted by Gasteiger charge is 2.28. The van der Waals surface area contributed by atoms with Gasteiger partial charge < -0.3 is 29.6 Å². The van der Waals surface area contributed by atoms with Crippen LogP contribution in [0.2, 0.25) is 0 Å². The molecular weight excluding hydrogens is 468 g/mol. The van der Waals surface area contributed by atoms with Gasteiger partial charge in [0, 0.05) is 11.1 Å². The summed E-state index contributed by atoms with van der Waals surface area (Å²) >= 11 is 0. The number of hydrogen-bond acceptors (Lipinski definition) is 8. The van der Waals surface area contributed by atoms with Crippen LogP contribution in [-0.4, -0.2) is 49.4 Å². The van der Waals surface area contributed by atoms with Crippen molar-refractivity contribution in [3.05, 3.63) is 59.7 Å². The Bertz CT molecular complexity index is 989. The highest BCUT2D eigenvalue weighted by molar-refractivity contribution is 5.90. The summed E-state index contributed by atoms with van der Waals surface area (Å²) in [5, 5.41) is 5.61. The number of carbonyl (C=O) groups is 4. The number of methoxy groups -OCH3 is 2. The Kier molecular flexibility index (Phi) is 9.43. The van der Waals surface area contributed by atoms with Gasteiger partial charge in [0.15, 0.2) is 0 Å². The maximum absolute atomic E-state index is 12.4. The average Bonchev–Trinajstić information content (AvgIpc) is 2.82. The van der Waals surface area contributed by atoms with E-state index < -0.39 is 35.2 Å². The summed E-state index contributed by atoms with van der Waals surface area (Å²) in [5.41, 5.74) is -0.597. The van der Waals surface area contributed by atoms with Gasteiger partial charge in [-0.05, 0) is 89.1 Å². The molecule has 0 saturated carbocycles. The predicted molar refractivity (Wildman–Crippen MR) is 131 cm³/mol. The molecule has 36 heavy (non-hydrogen) atoms. The lowest BCUT2D eigenvalue weighted by molar-refractivity contribution is 0.0592. The van der Waals surface area contributed by atoms with E-state index in [2.05, 4.69) is 20.1 Å². The summed E-state index contributed by atoms with van der Waals surface area (Å²) in [6.45, 7) is 7.36. The highest BCUT2D eigenvalue weighted by Crippen LogP contribution is 2.21. The first kappa shape index (κ1) is 28.2. The number of hydrogen-bond donors (Lipinski definition) is 2. The molecule has 10 heteroatoms. The summed E-state index contributed by atoms with van der Waals surface area (Å²) in [7, 11) is 2.57. The molecular formula is C26H32N2O8. The fraction of sp³-hybridized carbons (Fsp3) is 0.385. The van der Waals surface area contributed by atoms with Crippen LogP contribution in [0.3, 0.4) is 0 Å². The molecule has 2 aromatic carbocycles. The van der Waals surface area contributed by atoms with Crippen molar-refractivity contribution in [1.29, 1.82) is 0 Å². The van der Waals surface area contributed by atoms with Crippen LogP contribution in [-0.2, 0) is 9.47 Å². The molecule has 0 aliphatic heterocycles. The maximum atomic E-state index is 12.4. The number of rotatable bonds is 9. The Morgan fingerprint density at radius 1 is 0.611 bits per heavy atom. The quantitative estimate of drug-likeness (QED) is 0.483. The molecule has 0 unspecified atom stereocenters. The topological polar surface area (TPSA) is 129 Å². The number of nitrogens with one attached hydrogen (secondary N) is 2. The SMILES string of the molecule is COC(=O)c1ccc(OC(=O)NC(C)(C)CCC(C)(C)NC(=O)Oc2ccc(C(=O)OC)cc2)cc1. The molecule has 0 aliphatic carbocycles. The van der Waals surface area contributed by atoms with Crippen molar-refractivity contribution in [2.24, 2.45) is 0 Å². The van der Waals surface area contributed by atoms with Crippen LogP contribution in [0.1, 0.15) is 61.3 Å². The molecule has 2 N–H and O–H groups in total. The first-order chi connectivity index (χ1) is 16.8. The lowest BCUT2D eigenvalue weighted by Crippen LogP contribution is -2.49. The van der Waals surface area contributed by atoms with Gasteiger partial charge in [-0.25, -0.2) is 19.2 Å². The molecule has 0 aliphatic rings. The second-order valence-electron chi connectivity index (χ2n) is 9.33. The summed E-state index contributed by atoms with van der Waals surface area (Å²) < 4.78 is 19.9. The minimum atomic E-state index is -0.647. The molecule has 0 heterocycles. The van der Waals surface area contributed by atoms with E-state index in [0.717, 1.165) is 0 Å². The summed E-state index contributed by atoms with van der Waals surface area (Å²) in [6.07, 6.45) is -0.257. The van der Waals surface area contributed by atoms with Gasteiger partial charge in [-0.1, -0.05) is 0 Å². The lowest BCUT2D eigenvalue weighted by Gasteiger charge is -2.32. The van der Waals surface area contributed by atoms with E-state index in [1.807, 2.05) is 27.7 Å². The Balaban J connectivity index is 1.83. The third kappa shape index (κ3) is 8.94. The van der Waals surface area contributed by atoms with E-state index in [1.54, 1.807) is 0 Å². The molecule has 0 spiro atoms. The second kappa shape index (κ2) is 12.1. The van der Waals surface area contributed by atoms with Crippen LogP contribution in [0.25, 0.3) is 0 Å². The van der Waals surface area contributed by atoms with Crippen molar-refractivity contribution in [2.75, 3.05) is 14.2 Å². The van der Waals surface area contributed by atoms with Gasteiger partial charge in [-0.2, -0.15) is 0 Å². The van der Waals surface area contributed by atoms with Gasteiger partial charge >= 0.3 is 24.1 Å². The van der Waals surface area contributed by atoms with Crippen LogP contribution < -0.4 is 20.1 Å². The van der Waals surface area contributed by atoms with Crippen molar-refractivity contribution in [1.82, 2.24) is 10.6 Å². The second-order valence-corrected chi connectivity index (χ2v) is 9.33. The summed E-state index contributed by atoms with van der Waals surface area (Å²) in [6, 6.07) is 12.0. The van der Waals surface area contributed by atoms with Gasteiger partial charge in [0.25, 0.3) is 0 Å². The summed E-state index contributed by atoms with van der Waals surface area (Å²) in [5.74, 6) is -0.409. The van der Waals surface area contributed by atoms with Crippen molar-refractivity contribution >= 4 is 24.1 Å². The molecule has 2 amide bonds. The van der Waals surface area contributed by atoms with Gasteiger partial charge in [-0.3, -0.25) is 0 Å². The van der Waals surface area contributed by atoms with Crippen LogP contribution in [0.5, 0.6) is 11.5 Å². The molecule has 2 rings (SSSR count). The van der Waals surface area contributed by atoms with Crippen molar-refractivity contribution in [3.63, 3.8) is 0 Å². The van der Waals surface area contributed by atoms with E-state index in [0.29, 0.717) is 24.0 Å². The number of benzene rings is 2. The summed E-state index contributed by atoms with van der Waals surface area (Å²) in [4.78, 5) is 47.7. The van der Waals surface area contributed by atoms with Gasteiger partial charge in [-0.15, -0.1) is 0 Å². The number of amides is 2. The fourth-order valence-corrected chi connectivity index (χ4v) is 3.12. The first-order valence-electron chi connectivity index (χ1n) is 11.2. The lowest BCUT2D eigenvalue weighted by atomic mass is 9.89. The zero-order valence-corrected chi connectivity index (χ0v) is 21.3. The highest BCUT2D eigenvalue weighted by atomic mass is 16.6. The molecule has 0 radical (unpaired) electrons. The molecule has 2 aromatic rings. The van der Waals surface area contributed by atoms with Crippen LogP contribution in [0.15, 0.2) is 48.5 Å². The maximum Gasteiger partial charge on any atom is 0.413 e. The monoisotopic (exact) mass is 500 g/mol. The van der Waals surface area contributed by atoms with Gasteiger partial charge in [0.1, 0.15) is 11.5 Å². The standard InChI is InChI=1S/C26H32N2O8/c1-25(2,27-23(31)35-19-11-7-17(8-12-19)21(29)33-5)15-16-26(3,4)28-24(32)36-20-13-9-18(10-14-20)22(30)34-6/h7-14H,15-16H2,1-6H3,(H,27,31)(H,28,32). The van der Waals surface area contributed by atoms with E-state index in [1.165, 1.54) is 62.8 Å². The third-order valence-corrected chi connectivity index (χ3v) is 5.23. The van der Waals surface area contributed by atoms with E-state index in [-0.39, 0.29) is 11.5 Å². The zero-order valence-electron chi connectivity index (χ0n) is 21.3. The molecule has 0 atom stereocenters. The Labute approximate surface area is 210 Å². The largest absolute Gasteiger partial charge is 0.465 e. The van der Waals surface area contributed by atoms with E-state index in [4.69, 9.17) is 9.47 Å². The normalized spacial score (nSPS) is 11.2. The van der Waals surface area contributed by atoms with E-state index in [9.17, 15) is 19.2 Å². The van der Waals surface area contributed by atoms with Crippen LogP contribution in [0, 0.1) is 0 Å². The van der Waals surface area contributed by atoms with Crippen molar-refractivity contribution in [2.45, 2.75) is 51.6 Å². The Morgan fingerprint density at radius 2 is 0.917 bits per heavy atom.